The van der Waals surface area contributed by atoms with Crippen molar-refractivity contribution in [3.63, 3.8) is 0 Å². The molecule has 0 bridgehead atoms. The molecular formula is C17H33N3O4S. The summed E-state index contributed by atoms with van der Waals surface area (Å²) in [6.45, 7) is 8.05. The average molecular weight is 376 g/mol. The largest absolute Gasteiger partial charge is 0.385 e. The lowest BCUT2D eigenvalue weighted by Crippen LogP contribution is -2.60. The van der Waals surface area contributed by atoms with Gasteiger partial charge in [-0.15, -0.1) is 0 Å². The highest BCUT2D eigenvalue weighted by Gasteiger charge is 2.52. The topological polar surface area (TPSA) is 79.0 Å². The van der Waals surface area contributed by atoms with Crippen LogP contribution in [0.5, 0.6) is 0 Å². The van der Waals surface area contributed by atoms with Crippen LogP contribution in [0, 0.1) is 5.92 Å². The van der Waals surface area contributed by atoms with E-state index in [2.05, 4.69) is 19.2 Å². The van der Waals surface area contributed by atoms with Crippen molar-refractivity contribution in [1.29, 1.82) is 0 Å². The lowest BCUT2D eigenvalue weighted by molar-refractivity contribution is -0.134. The van der Waals surface area contributed by atoms with E-state index >= 15 is 0 Å². The van der Waals surface area contributed by atoms with E-state index in [9.17, 15) is 13.2 Å². The predicted octanol–water partition coefficient (Wildman–Crippen LogP) is 1.01. The monoisotopic (exact) mass is 375 g/mol. The Labute approximate surface area is 152 Å². The van der Waals surface area contributed by atoms with Gasteiger partial charge in [-0.2, -0.15) is 0 Å². The Morgan fingerprint density at radius 2 is 1.96 bits per heavy atom. The number of methoxy groups -OCH3 is 1. The average Bonchev–Trinajstić information content (AvgIpc) is 2.87. The molecule has 2 aliphatic heterocycles. The quantitative estimate of drug-likeness (QED) is 0.641. The smallest absolute Gasteiger partial charge is 0.241 e. The zero-order valence-corrected chi connectivity index (χ0v) is 16.8. The third kappa shape index (κ3) is 4.18. The molecule has 0 aliphatic carbocycles. The maximum atomic E-state index is 13.0. The van der Waals surface area contributed by atoms with Crippen LogP contribution in [0.4, 0.5) is 0 Å². The first kappa shape index (κ1) is 20.6. The van der Waals surface area contributed by atoms with Gasteiger partial charge in [0, 0.05) is 33.4 Å². The number of ether oxygens (including phenoxy) is 1. The summed E-state index contributed by atoms with van der Waals surface area (Å²) in [7, 11) is -1.51. The van der Waals surface area contributed by atoms with E-state index in [4.69, 9.17) is 4.74 Å². The van der Waals surface area contributed by atoms with Gasteiger partial charge in [0.1, 0.15) is 0 Å². The Bertz CT molecular complexity index is 558. The fourth-order valence-corrected chi connectivity index (χ4v) is 4.96. The molecule has 2 fully saturated rings. The van der Waals surface area contributed by atoms with Crippen LogP contribution in [0.1, 0.15) is 46.5 Å². The lowest BCUT2D eigenvalue weighted by atomic mass is 9.96. The van der Waals surface area contributed by atoms with E-state index in [-0.39, 0.29) is 23.6 Å². The van der Waals surface area contributed by atoms with Gasteiger partial charge in [-0.1, -0.05) is 20.3 Å². The van der Waals surface area contributed by atoms with Crippen molar-refractivity contribution in [3.8, 4) is 0 Å². The summed E-state index contributed by atoms with van der Waals surface area (Å²) in [6.07, 6.45) is 2.99. The molecule has 0 aromatic carbocycles. The van der Waals surface area contributed by atoms with E-state index < -0.39 is 15.7 Å². The molecule has 1 amide bonds. The second kappa shape index (κ2) is 8.33. The first-order valence-electron chi connectivity index (χ1n) is 9.37. The van der Waals surface area contributed by atoms with Gasteiger partial charge >= 0.3 is 0 Å². The molecule has 0 saturated carbocycles. The fraction of sp³-hybridized carbons (Fsp3) is 0.941. The molecule has 0 unspecified atom stereocenters. The number of rotatable bonds is 8. The Hall–Kier alpha value is -0.700. The van der Waals surface area contributed by atoms with Crippen molar-refractivity contribution in [2.45, 2.75) is 58.2 Å². The summed E-state index contributed by atoms with van der Waals surface area (Å²) in [6, 6.07) is -0.179. The summed E-state index contributed by atoms with van der Waals surface area (Å²) in [5.41, 5.74) is -0.418. The molecule has 8 heteroatoms. The van der Waals surface area contributed by atoms with Gasteiger partial charge < -0.3 is 9.64 Å². The van der Waals surface area contributed by atoms with Crippen LogP contribution in [-0.4, -0.2) is 74.3 Å². The molecule has 2 rings (SSSR count). The number of hydrogen-bond acceptors (Lipinski definition) is 5. The molecule has 25 heavy (non-hydrogen) atoms. The van der Waals surface area contributed by atoms with Gasteiger partial charge in [0.25, 0.3) is 0 Å². The molecule has 0 radical (unpaired) electrons. The number of sulfonamides is 1. The summed E-state index contributed by atoms with van der Waals surface area (Å²) in [4.78, 5) is 15.0. The van der Waals surface area contributed by atoms with Crippen LogP contribution in [0.15, 0.2) is 0 Å². The van der Waals surface area contributed by atoms with Crippen LogP contribution in [0.25, 0.3) is 0 Å². The van der Waals surface area contributed by atoms with Gasteiger partial charge in [-0.3, -0.25) is 10.1 Å². The van der Waals surface area contributed by atoms with E-state index in [1.807, 2.05) is 4.90 Å². The summed E-state index contributed by atoms with van der Waals surface area (Å²) >= 11 is 0. The first-order chi connectivity index (χ1) is 11.8. The van der Waals surface area contributed by atoms with Crippen molar-refractivity contribution in [2.24, 2.45) is 5.92 Å². The van der Waals surface area contributed by atoms with Gasteiger partial charge in [0.15, 0.2) is 0 Å². The van der Waals surface area contributed by atoms with Crippen molar-refractivity contribution >= 4 is 15.9 Å². The number of carbonyl (C=O) groups is 1. The Balaban J connectivity index is 2.16. The molecular weight excluding hydrogens is 342 g/mol. The zero-order chi connectivity index (χ0) is 18.7. The van der Waals surface area contributed by atoms with E-state index in [1.54, 1.807) is 18.3 Å². The number of nitrogens with zero attached hydrogens (tertiary/aromatic N) is 2. The minimum atomic E-state index is -3.17. The van der Waals surface area contributed by atoms with Crippen molar-refractivity contribution in [3.05, 3.63) is 0 Å². The number of carbonyl (C=O) groups excluding carboxylic acids is 1. The summed E-state index contributed by atoms with van der Waals surface area (Å²) in [5.74, 6) is 0.533. The molecule has 1 spiro atoms. The molecule has 7 nitrogen and oxygen atoms in total. The second-order valence-corrected chi connectivity index (χ2v) is 9.43. The standard InChI is InChI=1S/C17H33N3O4S/c1-5-14(3)15-16(21)20(10-7-13-24-4)17(18-15)8-11-19(12-9-17)25(22,23)6-2/h14-15,18H,5-13H2,1-4H3/t14-,15-/m1/s1. The Morgan fingerprint density at radius 1 is 1.32 bits per heavy atom. The normalized spacial score (nSPS) is 25.7. The molecule has 146 valence electrons. The maximum absolute atomic E-state index is 13.0. The number of hydrogen-bond donors (Lipinski definition) is 1. The minimum absolute atomic E-state index is 0.124. The van der Waals surface area contributed by atoms with Crippen LogP contribution in [-0.2, 0) is 19.6 Å². The number of amides is 1. The van der Waals surface area contributed by atoms with Crippen molar-refractivity contribution in [2.75, 3.05) is 39.1 Å². The lowest BCUT2D eigenvalue weighted by Gasteiger charge is -2.44. The molecule has 2 atom stereocenters. The molecule has 0 aromatic rings. The highest BCUT2D eigenvalue weighted by atomic mass is 32.2. The van der Waals surface area contributed by atoms with E-state index in [0.29, 0.717) is 39.1 Å². The Kier molecular flexibility index (Phi) is 6.87. The highest BCUT2D eigenvalue weighted by molar-refractivity contribution is 7.89. The molecule has 2 aliphatic rings. The van der Waals surface area contributed by atoms with E-state index in [0.717, 1.165) is 12.8 Å². The third-order valence-electron chi connectivity index (χ3n) is 5.72. The highest BCUT2D eigenvalue weighted by Crippen LogP contribution is 2.35. The molecule has 0 aromatic heterocycles. The SMILES string of the molecule is CC[C@@H](C)[C@H]1NC2(CCN(S(=O)(=O)CC)CC2)N(CCCOC)C1=O. The van der Waals surface area contributed by atoms with Crippen LogP contribution < -0.4 is 5.32 Å². The Morgan fingerprint density at radius 3 is 2.48 bits per heavy atom. The van der Waals surface area contributed by atoms with Gasteiger partial charge in [0.05, 0.1) is 17.5 Å². The second-order valence-electron chi connectivity index (χ2n) is 7.17. The number of nitrogens with one attached hydrogen (secondary N) is 1. The fourth-order valence-electron chi connectivity index (χ4n) is 3.85. The molecule has 2 saturated heterocycles. The summed E-state index contributed by atoms with van der Waals surface area (Å²) < 4.78 is 31.0. The van der Waals surface area contributed by atoms with Gasteiger partial charge in [-0.25, -0.2) is 12.7 Å². The molecule has 1 N–H and O–H groups in total. The maximum Gasteiger partial charge on any atom is 0.241 e. The summed E-state index contributed by atoms with van der Waals surface area (Å²) in [5, 5.41) is 3.59. The van der Waals surface area contributed by atoms with Crippen molar-refractivity contribution < 1.29 is 17.9 Å². The van der Waals surface area contributed by atoms with Gasteiger partial charge in [-0.05, 0) is 32.1 Å². The predicted molar refractivity (Wildman–Crippen MR) is 97.6 cm³/mol. The van der Waals surface area contributed by atoms with Crippen LogP contribution in [0.3, 0.4) is 0 Å². The zero-order valence-electron chi connectivity index (χ0n) is 16.0. The third-order valence-corrected chi connectivity index (χ3v) is 7.61. The van der Waals surface area contributed by atoms with Crippen LogP contribution >= 0.6 is 0 Å². The van der Waals surface area contributed by atoms with Crippen molar-refractivity contribution in [1.82, 2.24) is 14.5 Å². The first-order valence-corrected chi connectivity index (χ1v) is 11.0. The van der Waals surface area contributed by atoms with Gasteiger partial charge in [0.2, 0.25) is 15.9 Å². The minimum Gasteiger partial charge on any atom is -0.385 e. The molecule has 2 heterocycles. The van der Waals surface area contributed by atoms with E-state index in [1.165, 1.54) is 0 Å². The number of piperidine rings is 1. The van der Waals surface area contributed by atoms with Crippen LogP contribution in [0.2, 0.25) is 0 Å².